The maximum atomic E-state index is 11.0. The van der Waals surface area contributed by atoms with Gasteiger partial charge in [-0.05, 0) is 65.8 Å². The van der Waals surface area contributed by atoms with Crippen molar-refractivity contribution in [3.05, 3.63) is 38.3 Å². The van der Waals surface area contributed by atoms with Gasteiger partial charge in [-0.3, -0.25) is 15.0 Å². The lowest BCUT2D eigenvalue weighted by molar-refractivity contribution is -0.385. The van der Waals surface area contributed by atoms with Crippen LogP contribution in [0.1, 0.15) is 24.8 Å². The van der Waals surface area contributed by atoms with Crippen molar-refractivity contribution >= 4 is 34.0 Å². The molecule has 7 heteroatoms. The maximum Gasteiger partial charge on any atom is 0.283 e. The first-order chi connectivity index (χ1) is 9.60. The number of halogens is 2. The van der Waals surface area contributed by atoms with Crippen molar-refractivity contribution in [3.8, 4) is 0 Å². The van der Waals surface area contributed by atoms with Crippen LogP contribution in [0.15, 0.2) is 22.7 Å². The summed E-state index contributed by atoms with van der Waals surface area (Å²) in [5.41, 5.74) is 6.76. The maximum absolute atomic E-state index is 11.0. The molecule has 0 saturated carbocycles. The van der Waals surface area contributed by atoms with E-state index in [1.807, 2.05) is 6.07 Å². The highest BCUT2D eigenvalue weighted by atomic mass is 79.9. The second-order valence-corrected chi connectivity index (χ2v) is 6.22. The number of hydrogen-bond acceptors (Lipinski definition) is 4. The standard InChI is InChI=1S/C14H20BrN3O2.ClH/c15-13-4-3-12(8-14(13)18(19)20)10-17-7-1-2-11(9-17)5-6-16;/h3-4,8,11H,1-2,5-7,9-10,16H2;1H. The number of rotatable bonds is 5. The molecule has 0 bridgehead atoms. The Morgan fingerprint density at radius 3 is 2.90 bits per heavy atom. The third-order valence-electron chi connectivity index (χ3n) is 3.79. The Bertz CT molecular complexity index is 485. The highest BCUT2D eigenvalue weighted by Gasteiger charge is 2.20. The Labute approximate surface area is 139 Å². The summed E-state index contributed by atoms with van der Waals surface area (Å²) in [6.07, 6.45) is 3.49. The van der Waals surface area contributed by atoms with E-state index in [0.29, 0.717) is 10.4 Å². The highest BCUT2D eigenvalue weighted by Crippen LogP contribution is 2.27. The predicted molar refractivity (Wildman–Crippen MR) is 89.7 cm³/mol. The fourth-order valence-corrected chi connectivity index (χ4v) is 3.21. The quantitative estimate of drug-likeness (QED) is 0.630. The van der Waals surface area contributed by atoms with Gasteiger partial charge in [0.25, 0.3) is 5.69 Å². The van der Waals surface area contributed by atoms with E-state index in [2.05, 4.69) is 20.8 Å². The van der Waals surface area contributed by atoms with Crippen molar-refractivity contribution in [1.29, 1.82) is 0 Å². The van der Waals surface area contributed by atoms with Gasteiger partial charge in [0.05, 0.1) is 9.40 Å². The minimum absolute atomic E-state index is 0. The van der Waals surface area contributed by atoms with Gasteiger partial charge < -0.3 is 5.73 Å². The minimum atomic E-state index is -0.346. The molecule has 0 radical (unpaired) electrons. The molecule has 1 aromatic carbocycles. The van der Waals surface area contributed by atoms with Crippen molar-refractivity contribution in [1.82, 2.24) is 4.90 Å². The molecule has 2 N–H and O–H groups in total. The Hall–Kier alpha value is -0.690. The van der Waals surface area contributed by atoms with E-state index in [9.17, 15) is 10.1 Å². The van der Waals surface area contributed by atoms with E-state index in [-0.39, 0.29) is 23.0 Å². The van der Waals surface area contributed by atoms with Gasteiger partial charge in [0.15, 0.2) is 0 Å². The first kappa shape index (κ1) is 18.4. The van der Waals surface area contributed by atoms with Crippen molar-refractivity contribution < 1.29 is 4.92 Å². The second-order valence-electron chi connectivity index (χ2n) is 5.36. The zero-order valence-corrected chi connectivity index (χ0v) is 14.2. The van der Waals surface area contributed by atoms with Crippen LogP contribution in [0.25, 0.3) is 0 Å². The molecule has 21 heavy (non-hydrogen) atoms. The van der Waals surface area contributed by atoms with Crippen LogP contribution in [0.4, 0.5) is 5.69 Å². The van der Waals surface area contributed by atoms with E-state index in [1.54, 1.807) is 12.1 Å². The summed E-state index contributed by atoms with van der Waals surface area (Å²) in [7, 11) is 0. The molecule has 1 fully saturated rings. The summed E-state index contributed by atoms with van der Waals surface area (Å²) in [5, 5.41) is 11.0. The van der Waals surface area contributed by atoms with E-state index in [1.165, 1.54) is 12.8 Å². The molecule has 1 atom stereocenters. The molecule has 118 valence electrons. The van der Waals surface area contributed by atoms with Crippen LogP contribution < -0.4 is 5.73 Å². The average molecular weight is 379 g/mol. The fourth-order valence-electron chi connectivity index (χ4n) is 2.82. The number of hydrogen-bond donors (Lipinski definition) is 1. The molecule has 1 heterocycles. The van der Waals surface area contributed by atoms with Gasteiger partial charge in [-0.25, -0.2) is 0 Å². The van der Waals surface area contributed by atoms with E-state index < -0.39 is 0 Å². The molecule has 1 aliphatic rings. The van der Waals surface area contributed by atoms with Gasteiger partial charge in [-0.1, -0.05) is 6.07 Å². The zero-order chi connectivity index (χ0) is 14.5. The highest BCUT2D eigenvalue weighted by molar-refractivity contribution is 9.10. The molecular weight excluding hydrogens is 358 g/mol. The van der Waals surface area contributed by atoms with Crippen LogP contribution in [0.2, 0.25) is 0 Å². The zero-order valence-electron chi connectivity index (χ0n) is 11.8. The molecule has 2 rings (SSSR count). The van der Waals surface area contributed by atoms with Crippen LogP contribution in [0.3, 0.4) is 0 Å². The van der Waals surface area contributed by atoms with E-state index in [0.717, 1.165) is 38.2 Å². The summed E-state index contributed by atoms with van der Waals surface area (Å²) in [6.45, 7) is 3.61. The van der Waals surface area contributed by atoms with Gasteiger partial charge in [0.1, 0.15) is 0 Å². The first-order valence-corrected chi connectivity index (χ1v) is 7.74. The first-order valence-electron chi connectivity index (χ1n) is 6.95. The molecular formula is C14H21BrClN3O2. The topological polar surface area (TPSA) is 72.4 Å². The van der Waals surface area contributed by atoms with E-state index >= 15 is 0 Å². The Morgan fingerprint density at radius 2 is 2.24 bits per heavy atom. The van der Waals surface area contributed by atoms with Gasteiger partial charge in [-0.15, -0.1) is 12.4 Å². The van der Waals surface area contributed by atoms with Crippen molar-refractivity contribution in [2.45, 2.75) is 25.8 Å². The van der Waals surface area contributed by atoms with Gasteiger partial charge >= 0.3 is 0 Å². The molecule has 0 aliphatic carbocycles. The van der Waals surface area contributed by atoms with Crippen LogP contribution in [0.5, 0.6) is 0 Å². The van der Waals surface area contributed by atoms with Gasteiger partial charge in [0.2, 0.25) is 0 Å². The molecule has 1 unspecified atom stereocenters. The summed E-state index contributed by atoms with van der Waals surface area (Å²) in [6, 6.07) is 5.37. The number of nitrogens with zero attached hydrogens (tertiary/aromatic N) is 2. The van der Waals surface area contributed by atoms with Crippen molar-refractivity contribution in [2.75, 3.05) is 19.6 Å². The van der Waals surface area contributed by atoms with Crippen LogP contribution in [0, 0.1) is 16.0 Å². The summed E-state index contributed by atoms with van der Waals surface area (Å²) in [4.78, 5) is 13.0. The van der Waals surface area contributed by atoms with Gasteiger partial charge in [0, 0.05) is 19.2 Å². The fraction of sp³-hybridized carbons (Fsp3) is 0.571. The second kappa shape index (κ2) is 8.68. The van der Waals surface area contributed by atoms with E-state index in [4.69, 9.17) is 5.73 Å². The number of likely N-dealkylation sites (tertiary alicyclic amines) is 1. The Kier molecular flexibility index (Phi) is 7.59. The number of nitro benzene ring substituents is 1. The van der Waals surface area contributed by atoms with Crippen LogP contribution >= 0.6 is 28.3 Å². The number of piperidine rings is 1. The number of benzene rings is 1. The lowest BCUT2D eigenvalue weighted by Crippen LogP contribution is -2.35. The Morgan fingerprint density at radius 1 is 1.48 bits per heavy atom. The SMILES string of the molecule is Cl.NCCC1CCCN(Cc2ccc(Br)c([N+](=O)[O-])c2)C1. The molecule has 5 nitrogen and oxygen atoms in total. The normalized spacial score (nSPS) is 19.0. The van der Waals surface area contributed by atoms with Crippen molar-refractivity contribution in [3.63, 3.8) is 0 Å². The lowest BCUT2D eigenvalue weighted by atomic mass is 9.94. The smallest absolute Gasteiger partial charge is 0.283 e. The van der Waals surface area contributed by atoms with Crippen molar-refractivity contribution in [2.24, 2.45) is 11.7 Å². The molecule has 1 saturated heterocycles. The predicted octanol–water partition coefficient (Wildman–Crippen LogP) is 3.34. The monoisotopic (exact) mass is 377 g/mol. The minimum Gasteiger partial charge on any atom is -0.330 e. The molecule has 0 aromatic heterocycles. The lowest BCUT2D eigenvalue weighted by Gasteiger charge is -2.32. The summed E-state index contributed by atoms with van der Waals surface area (Å²) < 4.78 is 0.533. The third-order valence-corrected chi connectivity index (χ3v) is 4.46. The molecule has 0 spiro atoms. The summed E-state index contributed by atoms with van der Waals surface area (Å²) in [5.74, 6) is 0.666. The van der Waals surface area contributed by atoms with Gasteiger partial charge in [-0.2, -0.15) is 0 Å². The summed E-state index contributed by atoms with van der Waals surface area (Å²) >= 11 is 3.22. The molecule has 0 amide bonds. The Balaban J connectivity index is 0.00000220. The average Bonchev–Trinajstić information content (AvgIpc) is 2.41. The van der Waals surface area contributed by atoms with Crippen LogP contribution in [-0.4, -0.2) is 29.5 Å². The van der Waals surface area contributed by atoms with Crippen LogP contribution in [-0.2, 0) is 6.54 Å². The largest absolute Gasteiger partial charge is 0.330 e. The third kappa shape index (κ3) is 5.21. The molecule has 1 aliphatic heterocycles. The number of nitro groups is 1. The number of nitrogens with two attached hydrogens (primary N) is 1. The molecule has 1 aromatic rings.